The summed E-state index contributed by atoms with van der Waals surface area (Å²) in [4.78, 5) is 30.1. The zero-order valence-corrected chi connectivity index (χ0v) is 14.9. The van der Waals surface area contributed by atoms with E-state index in [0.29, 0.717) is 18.1 Å². The fraction of sp³-hybridized carbons (Fsp3) is 0.294. The molecule has 1 aliphatic heterocycles. The van der Waals surface area contributed by atoms with Crippen molar-refractivity contribution >= 4 is 32.9 Å². The molecular weight excluding hydrogens is 386 g/mol. The number of halogens is 1. The summed E-state index contributed by atoms with van der Waals surface area (Å²) < 4.78 is 6.63. The molecule has 1 aliphatic rings. The fourth-order valence-corrected chi connectivity index (χ4v) is 3.19. The maximum Gasteiger partial charge on any atom is 0.316 e. The number of H-pyrrole nitrogens is 1. The summed E-state index contributed by atoms with van der Waals surface area (Å²) in [6.07, 6.45) is 6.58. The second-order valence-electron chi connectivity index (χ2n) is 5.95. The number of imidazole rings is 1. The van der Waals surface area contributed by atoms with E-state index in [9.17, 15) is 4.79 Å². The van der Waals surface area contributed by atoms with Gasteiger partial charge in [-0.15, -0.1) is 0 Å². The average molecular weight is 402 g/mol. The van der Waals surface area contributed by atoms with Gasteiger partial charge in [0.25, 0.3) is 5.91 Å². The van der Waals surface area contributed by atoms with Crippen LogP contribution in [0.25, 0.3) is 11.0 Å². The Morgan fingerprint density at radius 3 is 2.96 bits per heavy atom. The highest BCUT2D eigenvalue weighted by atomic mass is 79.9. The standard InChI is InChI=1S/C17H16BrN5O2/c18-12-7-19-17(20-8-12)25-13-2-1-5-23(9-13)16(24)11-3-4-14-15(6-11)22-10-21-14/h3-4,6-8,10,13H,1-2,5,9H2,(H,21,22). The van der Waals surface area contributed by atoms with Crippen LogP contribution < -0.4 is 4.74 Å². The van der Waals surface area contributed by atoms with Gasteiger partial charge in [0.05, 0.1) is 28.4 Å². The first kappa shape index (κ1) is 16.0. The third-order valence-corrected chi connectivity index (χ3v) is 4.61. The van der Waals surface area contributed by atoms with Crippen LogP contribution in [-0.4, -0.2) is 49.9 Å². The highest BCUT2D eigenvalue weighted by Crippen LogP contribution is 2.19. The summed E-state index contributed by atoms with van der Waals surface area (Å²) in [5, 5.41) is 0. The highest BCUT2D eigenvalue weighted by molar-refractivity contribution is 9.10. The number of rotatable bonds is 3. The van der Waals surface area contributed by atoms with Gasteiger partial charge in [0.15, 0.2) is 0 Å². The van der Waals surface area contributed by atoms with E-state index in [0.717, 1.165) is 34.9 Å². The summed E-state index contributed by atoms with van der Waals surface area (Å²) in [5.74, 6) is 0.00141. The van der Waals surface area contributed by atoms with Crippen LogP contribution in [0.4, 0.5) is 0 Å². The number of hydrogen-bond acceptors (Lipinski definition) is 5. The quantitative estimate of drug-likeness (QED) is 0.729. The van der Waals surface area contributed by atoms with Gasteiger partial charge >= 0.3 is 6.01 Å². The van der Waals surface area contributed by atoms with Gasteiger partial charge in [-0.2, -0.15) is 0 Å². The van der Waals surface area contributed by atoms with E-state index in [1.807, 2.05) is 23.1 Å². The number of nitrogens with zero attached hydrogens (tertiary/aromatic N) is 4. The summed E-state index contributed by atoms with van der Waals surface area (Å²) in [6, 6.07) is 5.84. The number of likely N-dealkylation sites (tertiary alicyclic amines) is 1. The Kier molecular flexibility index (Phi) is 4.35. The highest BCUT2D eigenvalue weighted by Gasteiger charge is 2.26. The van der Waals surface area contributed by atoms with Gasteiger partial charge in [-0.25, -0.2) is 15.0 Å². The van der Waals surface area contributed by atoms with Crippen LogP contribution in [0.2, 0.25) is 0 Å². The molecule has 1 saturated heterocycles. The van der Waals surface area contributed by atoms with Gasteiger partial charge in [0.2, 0.25) is 0 Å². The Morgan fingerprint density at radius 2 is 2.12 bits per heavy atom. The van der Waals surface area contributed by atoms with Crippen LogP contribution in [0, 0.1) is 0 Å². The maximum atomic E-state index is 12.8. The monoisotopic (exact) mass is 401 g/mol. The number of hydrogen-bond donors (Lipinski definition) is 1. The van der Waals surface area contributed by atoms with Gasteiger partial charge in [0.1, 0.15) is 6.10 Å². The lowest BCUT2D eigenvalue weighted by Crippen LogP contribution is -2.44. The SMILES string of the molecule is O=C(c1ccc2nc[nH]c2c1)N1CCCC(Oc2ncc(Br)cn2)C1. The molecule has 0 bridgehead atoms. The van der Waals surface area contributed by atoms with Crippen molar-refractivity contribution in [2.24, 2.45) is 0 Å². The molecule has 0 aliphatic carbocycles. The Morgan fingerprint density at radius 1 is 1.28 bits per heavy atom. The van der Waals surface area contributed by atoms with Gasteiger partial charge in [-0.1, -0.05) is 0 Å². The number of carbonyl (C=O) groups is 1. The first-order chi connectivity index (χ1) is 12.2. The second kappa shape index (κ2) is 6.79. The van der Waals surface area contributed by atoms with Crippen LogP contribution in [0.3, 0.4) is 0 Å². The molecule has 1 fully saturated rings. The Hall–Kier alpha value is -2.48. The number of aromatic amines is 1. The maximum absolute atomic E-state index is 12.8. The van der Waals surface area contributed by atoms with Crippen LogP contribution in [-0.2, 0) is 0 Å². The van der Waals surface area contributed by atoms with E-state index >= 15 is 0 Å². The number of carbonyl (C=O) groups excluding carboxylic acids is 1. The molecule has 0 radical (unpaired) electrons. The summed E-state index contributed by atoms with van der Waals surface area (Å²) in [6.45, 7) is 1.25. The first-order valence-corrected chi connectivity index (χ1v) is 8.85. The average Bonchev–Trinajstić information content (AvgIpc) is 3.11. The van der Waals surface area contributed by atoms with Crippen molar-refractivity contribution in [3.05, 3.63) is 47.0 Å². The van der Waals surface area contributed by atoms with Crippen LogP contribution in [0.1, 0.15) is 23.2 Å². The molecule has 4 rings (SSSR count). The Labute approximate surface area is 152 Å². The van der Waals surface area contributed by atoms with Gasteiger partial charge in [0, 0.05) is 24.5 Å². The number of benzene rings is 1. The zero-order valence-electron chi connectivity index (χ0n) is 13.4. The number of nitrogens with one attached hydrogen (secondary N) is 1. The molecule has 1 amide bonds. The lowest BCUT2D eigenvalue weighted by molar-refractivity contribution is 0.0516. The number of amides is 1. The second-order valence-corrected chi connectivity index (χ2v) is 6.87. The van der Waals surface area contributed by atoms with E-state index in [2.05, 4.69) is 35.9 Å². The summed E-state index contributed by atoms with van der Waals surface area (Å²) >= 11 is 3.30. The molecule has 0 saturated carbocycles. The topological polar surface area (TPSA) is 84.0 Å². The first-order valence-electron chi connectivity index (χ1n) is 8.05. The normalized spacial score (nSPS) is 17.6. The third-order valence-electron chi connectivity index (χ3n) is 4.20. The predicted octanol–water partition coefficient (Wildman–Crippen LogP) is 2.80. The lowest BCUT2D eigenvalue weighted by atomic mass is 10.1. The van der Waals surface area contributed by atoms with Crippen molar-refractivity contribution in [3.8, 4) is 6.01 Å². The number of piperidine rings is 1. The van der Waals surface area contributed by atoms with Crippen molar-refractivity contribution < 1.29 is 9.53 Å². The van der Waals surface area contributed by atoms with Gasteiger partial charge < -0.3 is 14.6 Å². The molecule has 8 heteroatoms. The zero-order chi connectivity index (χ0) is 17.2. The van der Waals surface area contributed by atoms with Crippen molar-refractivity contribution in [1.29, 1.82) is 0 Å². The smallest absolute Gasteiger partial charge is 0.316 e. The molecule has 1 atom stereocenters. The molecule has 25 heavy (non-hydrogen) atoms. The molecule has 128 valence electrons. The molecule has 3 aromatic rings. The lowest BCUT2D eigenvalue weighted by Gasteiger charge is -2.32. The minimum absolute atomic E-state index is 0.00141. The van der Waals surface area contributed by atoms with Crippen LogP contribution >= 0.6 is 15.9 Å². The summed E-state index contributed by atoms with van der Waals surface area (Å²) in [7, 11) is 0. The molecule has 1 unspecified atom stereocenters. The number of fused-ring (bicyclic) bond motifs is 1. The van der Waals surface area contributed by atoms with Crippen molar-refractivity contribution in [3.63, 3.8) is 0 Å². The molecular formula is C17H16BrN5O2. The van der Waals surface area contributed by atoms with E-state index < -0.39 is 0 Å². The molecule has 0 spiro atoms. The molecule has 2 aromatic heterocycles. The minimum Gasteiger partial charge on any atom is -0.458 e. The fourth-order valence-electron chi connectivity index (χ4n) is 2.98. The Bertz CT molecular complexity index is 895. The van der Waals surface area contributed by atoms with Crippen LogP contribution in [0.15, 0.2) is 41.4 Å². The minimum atomic E-state index is -0.102. The van der Waals surface area contributed by atoms with Gasteiger partial charge in [-0.3, -0.25) is 4.79 Å². The van der Waals surface area contributed by atoms with E-state index in [1.165, 1.54) is 0 Å². The third kappa shape index (κ3) is 3.48. The van der Waals surface area contributed by atoms with E-state index in [-0.39, 0.29) is 12.0 Å². The van der Waals surface area contributed by atoms with Crippen LogP contribution in [0.5, 0.6) is 6.01 Å². The largest absolute Gasteiger partial charge is 0.458 e. The van der Waals surface area contributed by atoms with Crippen molar-refractivity contribution in [2.45, 2.75) is 18.9 Å². The molecule has 1 N–H and O–H groups in total. The van der Waals surface area contributed by atoms with E-state index in [1.54, 1.807) is 18.7 Å². The molecule has 1 aromatic carbocycles. The van der Waals surface area contributed by atoms with Crippen molar-refractivity contribution in [1.82, 2.24) is 24.8 Å². The Balaban J connectivity index is 1.46. The van der Waals surface area contributed by atoms with Crippen molar-refractivity contribution in [2.75, 3.05) is 13.1 Å². The van der Waals surface area contributed by atoms with Gasteiger partial charge in [-0.05, 0) is 47.0 Å². The predicted molar refractivity (Wildman–Crippen MR) is 95.4 cm³/mol. The number of ether oxygens (including phenoxy) is 1. The van der Waals surface area contributed by atoms with E-state index in [4.69, 9.17) is 4.74 Å². The summed E-state index contributed by atoms with van der Waals surface area (Å²) in [5.41, 5.74) is 2.36. The molecule has 7 nitrogen and oxygen atoms in total. The molecule has 3 heterocycles. The number of aromatic nitrogens is 4.